The zero-order chi connectivity index (χ0) is 10.1. The monoisotopic (exact) mass is 382 g/mol. The first-order valence-electron chi connectivity index (χ1n) is 4.22. The maximum absolute atomic E-state index is 5.51. The average Bonchev–Trinajstić information content (AvgIpc) is 2.52. The Kier molecular flexibility index (Phi) is 3.34. The van der Waals surface area contributed by atoms with Crippen molar-refractivity contribution in [1.29, 1.82) is 0 Å². The fraction of sp³-hybridized carbons (Fsp3) is 0.200. The van der Waals surface area contributed by atoms with Gasteiger partial charge in [-0.2, -0.15) is 0 Å². The molecule has 0 N–H and O–H groups in total. The van der Waals surface area contributed by atoms with Crippen LogP contribution in [0.2, 0.25) is 0 Å². The van der Waals surface area contributed by atoms with Gasteiger partial charge in [0.05, 0.1) is 14.0 Å². The maximum atomic E-state index is 5.51. The van der Waals surface area contributed by atoms with Crippen LogP contribution in [0.5, 0.6) is 5.75 Å². The van der Waals surface area contributed by atoms with E-state index in [0.717, 1.165) is 10.2 Å². The van der Waals surface area contributed by atoms with Crippen LogP contribution >= 0.6 is 49.9 Å². The zero-order valence-corrected chi connectivity index (χ0v) is 12.1. The molecule has 14 heavy (non-hydrogen) atoms. The van der Waals surface area contributed by atoms with Crippen molar-refractivity contribution in [2.45, 2.75) is 6.92 Å². The van der Waals surface area contributed by atoms with Crippen LogP contribution in [-0.2, 0) is 0 Å². The van der Waals surface area contributed by atoms with Crippen molar-refractivity contribution >= 4 is 59.9 Å². The molecule has 2 aromatic rings. The second kappa shape index (κ2) is 4.37. The van der Waals surface area contributed by atoms with E-state index >= 15 is 0 Å². The Morgan fingerprint density at radius 1 is 1.50 bits per heavy atom. The second-order valence-corrected chi connectivity index (χ2v) is 6.54. The minimum atomic E-state index is 0.700. The second-order valence-electron chi connectivity index (χ2n) is 2.77. The van der Waals surface area contributed by atoms with E-state index in [2.05, 4.69) is 50.7 Å². The molecule has 0 saturated heterocycles. The number of fused-ring (bicyclic) bond motifs is 1. The molecule has 0 unspecified atom stereocenters. The van der Waals surface area contributed by atoms with Gasteiger partial charge in [-0.25, -0.2) is 0 Å². The molecule has 1 nitrogen and oxygen atoms in total. The summed E-state index contributed by atoms with van der Waals surface area (Å²) >= 11 is 7.71. The molecular formula is C10H8BrIOS. The first-order chi connectivity index (χ1) is 6.72. The topological polar surface area (TPSA) is 9.23 Å². The third-order valence-electron chi connectivity index (χ3n) is 1.87. The highest BCUT2D eigenvalue weighted by molar-refractivity contribution is 14.1. The Morgan fingerprint density at radius 2 is 2.29 bits per heavy atom. The smallest absolute Gasteiger partial charge is 0.134 e. The number of hydrogen-bond acceptors (Lipinski definition) is 2. The molecule has 0 spiro atoms. The summed E-state index contributed by atoms with van der Waals surface area (Å²) in [6.45, 7) is 2.69. The molecule has 74 valence electrons. The molecule has 1 heterocycles. The summed E-state index contributed by atoms with van der Waals surface area (Å²) in [5, 5.41) is 1.24. The van der Waals surface area contributed by atoms with Crippen molar-refractivity contribution < 1.29 is 4.74 Å². The van der Waals surface area contributed by atoms with E-state index in [1.165, 1.54) is 13.0 Å². The van der Waals surface area contributed by atoms with Crippen LogP contribution in [0.3, 0.4) is 0 Å². The van der Waals surface area contributed by atoms with Crippen LogP contribution in [0, 0.1) is 2.88 Å². The van der Waals surface area contributed by atoms with Crippen LogP contribution < -0.4 is 4.74 Å². The van der Waals surface area contributed by atoms with Gasteiger partial charge < -0.3 is 4.74 Å². The zero-order valence-electron chi connectivity index (χ0n) is 7.51. The van der Waals surface area contributed by atoms with Crippen LogP contribution in [0.25, 0.3) is 10.1 Å². The number of halogens is 2. The van der Waals surface area contributed by atoms with E-state index in [9.17, 15) is 0 Å². The van der Waals surface area contributed by atoms with Gasteiger partial charge in [0.1, 0.15) is 5.75 Å². The van der Waals surface area contributed by atoms with Crippen LogP contribution in [0.4, 0.5) is 0 Å². The SMILES string of the molecule is CCOc1ccc2sc(I)cc2c1Br. The lowest BCUT2D eigenvalue weighted by Gasteiger charge is -2.05. The molecule has 1 aromatic carbocycles. The van der Waals surface area contributed by atoms with E-state index < -0.39 is 0 Å². The molecule has 0 aliphatic carbocycles. The number of rotatable bonds is 2. The van der Waals surface area contributed by atoms with E-state index in [0.29, 0.717) is 6.61 Å². The molecule has 0 amide bonds. The van der Waals surface area contributed by atoms with E-state index in [4.69, 9.17) is 4.74 Å². The summed E-state index contributed by atoms with van der Waals surface area (Å²) in [6, 6.07) is 6.30. The van der Waals surface area contributed by atoms with Crippen LogP contribution in [-0.4, -0.2) is 6.61 Å². The number of ether oxygens (including phenoxy) is 1. The third-order valence-corrected chi connectivity index (χ3v) is 4.55. The minimum Gasteiger partial charge on any atom is -0.493 e. The van der Waals surface area contributed by atoms with Gasteiger partial charge in [0.15, 0.2) is 0 Å². The first-order valence-corrected chi connectivity index (χ1v) is 6.91. The van der Waals surface area contributed by atoms with Crippen molar-refractivity contribution in [3.8, 4) is 5.75 Å². The van der Waals surface area contributed by atoms with Gasteiger partial charge in [0.2, 0.25) is 0 Å². The largest absolute Gasteiger partial charge is 0.493 e. The maximum Gasteiger partial charge on any atom is 0.134 e. The van der Waals surface area contributed by atoms with E-state index in [-0.39, 0.29) is 0 Å². The Balaban J connectivity index is 2.61. The Bertz CT molecular complexity index is 466. The number of hydrogen-bond donors (Lipinski definition) is 0. The molecule has 2 rings (SSSR count). The number of thiophene rings is 1. The lowest BCUT2D eigenvalue weighted by atomic mass is 10.2. The minimum absolute atomic E-state index is 0.700. The van der Waals surface area contributed by atoms with Gasteiger partial charge in [-0.05, 0) is 63.6 Å². The molecule has 0 bridgehead atoms. The van der Waals surface area contributed by atoms with Gasteiger partial charge >= 0.3 is 0 Å². The molecule has 0 saturated carbocycles. The summed E-state index contributed by atoms with van der Waals surface area (Å²) in [5.41, 5.74) is 0. The lowest BCUT2D eigenvalue weighted by Crippen LogP contribution is -1.91. The van der Waals surface area contributed by atoms with Crippen LogP contribution in [0.15, 0.2) is 22.7 Å². The summed E-state index contributed by atoms with van der Waals surface area (Å²) in [6.07, 6.45) is 0. The summed E-state index contributed by atoms with van der Waals surface area (Å²) in [5.74, 6) is 0.925. The van der Waals surface area contributed by atoms with Crippen molar-refractivity contribution in [2.24, 2.45) is 0 Å². The fourth-order valence-electron chi connectivity index (χ4n) is 1.29. The first kappa shape index (κ1) is 10.7. The molecule has 0 aliphatic rings. The lowest BCUT2D eigenvalue weighted by molar-refractivity contribution is 0.339. The Hall–Kier alpha value is 0.190. The molecule has 0 atom stereocenters. The predicted octanol–water partition coefficient (Wildman–Crippen LogP) is 4.67. The van der Waals surface area contributed by atoms with Crippen molar-refractivity contribution in [2.75, 3.05) is 6.61 Å². The van der Waals surface area contributed by atoms with E-state index in [1.807, 2.05) is 13.0 Å². The van der Waals surface area contributed by atoms with Crippen molar-refractivity contribution in [3.63, 3.8) is 0 Å². The van der Waals surface area contributed by atoms with Gasteiger partial charge in [-0.15, -0.1) is 11.3 Å². The number of benzene rings is 1. The summed E-state index contributed by atoms with van der Waals surface area (Å²) in [7, 11) is 0. The normalized spacial score (nSPS) is 10.8. The van der Waals surface area contributed by atoms with Crippen LogP contribution in [0.1, 0.15) is 6.92 Å². The van der Waals surface area contributed by atoms with E-state index in [1.54, 1.807) is 11.3 Å². The average molecular weight is 383 g/mol. The van der Waals surface area contributed by atoms with Gasteiger partial charge in [0.25, 0.3) is 0 Å². The molecular weight excluding hydrogens is 375 g/mol. The van der Waals surface area contributed by atoms with Crippen molar-refractivity contribution in [3.05, 3.63) is 25.6 Å². The highest BCUT2D eigenvalue weighted by atomic mass is 127. The summed E-state index contributed by atoms with van der Waals surface area (Å²) in [4.78, 5) is 0. The van der Waals surface area contributed by atoms with Gasteiger partial charge in [0, 0.05) is 10.1 Å². The highest BCUT2D eigenvalue weighted by Crippen LogP contribution is 2.37. The fourth-order valence-corrected chi connectivity index (χ4v) is 3.82. The molecule has 1 aromatic heterocycles. The molecule has 0 fully saturated rings. The molecule has 0 aliphatic heterocycles. The third kappa shape index (κ3) is 1.92. The Morgan fingerprint density at radius 3 is 3.00 bits per heavy atom. The summed E-state index contributed by atoms with van der Waals surface area (Å²) < 4.78 is 9.17. The predicted molar refractivity (Wildman–Crippen MR) is 73.4 cm³/mol. The molecule has 0 radical (unpaired) electrons. The standard InChI is InChI=1S/C10H8BrIOS/c1-2-13-7-3-4-8-6(10(7)11)5-9(12)14-8/h3-5H,2H2,1H3. The van der Waals surface area contributed by atoms with Gasteiger partial charge in [-0.3, -0.25) is 0 Å². The molecule has 4 heteroatoms. The Labute approximate surface area is 109 Å². The quantitative estimate of drug-likeness (QED) is 0.686. The highest BCUT2D eigenvalue weighted by Gasteiger charge is 2.08. The van der Waals surface area contributed by atoms with Crippen molar-refractivity contribution in [1.82, 2.24) is 0 Å². The van der Waals surface area contributed by atoms with Gasteiger partial charge in [-0.1, -0.05) is 0 Å².